The van der Waals surface area contributed by atoms with Crippen LogP contribution in [0.5, 0.6) is 5.75 Å². The zero-order chi connectivity index (χ0) is 20.2. The van der Waals surface area contributed by atoms with Crippen molar-refractivity contribution in [2.45, 2.75) is 45.7 Å². The minimum Gasteiger partial charge on any atom is -0.496 e. The molecule has 0 aliphatic carbocycles. The maximum absolute atomic E-state index is 12.9. The first-order chi connectivity index (χ1) is 14.2. The number of rotatable bonds is 7. The van der Waals surface area contributed by atoms with Gasteiger partial charge in [0.1, 0.15) is 23.4 Å². The number of amides is 1. The van der Waals surface area contributed by atoms with E-state index in [2.05, 4.69) is 16.6 Å². The van der Waals surface area contributed by atoms with Crippen LogP contribution in [0.3, 0.4) is 0 Å². The summed E-state index contributed by atoms with van der Waals surface area (Å²) in [5, 5.41) is 4.77. The molecule has 4 rings (SSSR count). The van der Waals surface area contributed by atoms with Gasteiger partial charge in [0.25, 0.3) is 0 Å². The molecule has 0 radical (unpaired) electrons. The summed E-state index contributed by atoms with van der Waals surface area (Å²) in [7, 11) is 1.66. The Kier molecular flexibility index (Phi) is 5.64. The number of hydrogen-bond acceptors (Lipinski definition) is 5. The van der Waals surface area contributed by atoms with E-state index in [-0.39, 0.29) is 5.91 Å². The quantitative estimate of drug-likeness (QED) is 0.613. The highest BCUT2D eigenvalue weighted by Gasteiger charge is 2.28. The summed E-state index contributed by atoms with van der Waals surface area (Å²) in [5.41, 5.74) is 4.90. The lowest BCUT2D eigenvalue weighted by molar-refractivity contribution is -0.132. The summed E-state index contributed by atoms with van der Waals surface area (Å²) < 4.78 is 12.6. The molecule has 2 aromatic heterocycles. The lowest BCUT2D eigenvalue weighted by Gasteiger charge is -2.28. The number of ether oxygens (including phenoxy) is 1. The van der Waals surface area contributed by atoms with E-state index in [0.29, 0.717) is 25.9 Å². The van der Waals surface area contributed by atoms with Crippen molar-refractivity contribution in [3.63, 3.8) is 0 Å². The van der Waals surface area contributed by atoms with Gasteiger partial charge in [0.2, 0.25) is 5.91 Å². The van der Waals surface area contributed by atoms with Gasteiger partial charge in [-0.1, -0.05) is 25.1 Å². The van der Waals surface area contributed by atoms with E-state index in [1.165, 1.54) is 12.1 Å². The molecule has 1 aromatic carbocycles. The summed E-state index contributed by atoms with van der Waals surface area (Å²) in [6.45, 7) is 4.28. The Labute approximate surface area is 170 Å². The molecule has 152 valence electrons. The Morgan fingerprint density at radius 2 is 2.17 bits per heavy atom. The van der Waals surface area contributed by atoms with Crippen molar-refractivity contribution >= 4 is 5.91 Å². The fraction of sp³-hybridized carbons (Fsp3) is 0.409. The fourth-order valence-electron chi connectivity index (χ4n) is 3.94. The molecule has 3 aromatic rings. The molecule has 29 heavy (non-hydrogen) atoms. The van der Waals surface area contributed by atoms with Crippen molar-refractivity contribution in [3.05, 3.63) is 53.7 Å². The number of benzene rings is 1. The Bertz CT molecular complexity index is 978. The second kappa shape index (κ2) is 8.51. The molecule has 0 saturated carbocycles. The van der Waals surface area contributed by atoms with Gasteiger partial charge in [-0.05, 0) is 24.5 Å². The summed E-state index contributed by atoms with van der Waals surface area (Å²) in [6.07, 6.45) is 5.96. The zero-order valence-electron chi connectivity index (χ0n) is 16.9. The van der Waals surface area contributed by atoms with E-state index in [9.17, 15) is 4.79 Å². The molecule has 0 fully saturated rings. The van der Waals surface area contributed by atoms with Crippen LogP contribution in [0.4, 0.5) is 0 Å². The molecule has 0 spiro atoms. The van der Waals surface area contributed by atoms with Crippen molar-refractivity contribution in [2.75, 3.05) is 13.7 Å². The second-order valence-electron chi connectivity index (χ2n) is 7.25. The van der Waals surface area contributed by atoms with Crippen LogP contribution < -0.4 is 4.74 Å². The lowest BCUT2D eigenvalue weighted by Crippen LogP contribution is -2.36. The normalized spacial score (nSPS) is 13.4. The van der Waals surface area contributed by atoms with Gasteiger partial charge in [-0.25, -0.2) is 4.98 Å². The molecule has 0 atom stereocenters. The summed E-state index contributed by atoms with van der Waals surface area (Å²) >= 11 is 0. The Morgan fingerprint density at radius 1 is 1.31 bits per heavy atom. The minimum atomic E-state index is 0.149. The van der Waals surface area contributed by atoms with Crippen molar-refractivity contribution in [2.24, 2.45) is 0 Å². The zero-order valence-corrected chi connectivity index (χ0v) is 16.9. The number of carbonyl (C=O) groups excluding carboxylic acids is 1. The molecular formula is C22H26N4O3. The topological polar surface area (TPSA) is 73.4 Å². The van der Waals surface area contributed by atoms with Gasteiger partial charge in [0.05, 0.1) is 7.11 Å². The highest BCUT2D eigenvalue weighted by atomic mass is 16.5. The molecule has 1 aliphatic rings. The predicted molar refractivity (Wildman–Crippen MR) is 108 cm³/mol. The van der Waals surface area contributed by atoms with Gasteiger partial charge in [0, 0.05) is 43.7 Å². The third-order valence-corrected chi connectivity index (χ3v) is 5.40. The van der Waals surface area contributed by atoms with Crippen molar-refractivity contribution in [1.29, 1.82) is 0 Å². The van der Waals surface area contributed by atoms with Gasteiger partial charge in [-0.15, -0.1) is 0 Å². The van der Waals surface area contributed by atoms with Gasteiger partial charge in [-0.3, -0.25) is 9.48 Å². The smallest absolute Gasteiger partial charge is 0.223 e. The highest BCUT2D eigenvalue weighted by Crippen LogP contribution is 2.30. The van der Waals surface area contributed by atoms with Crippen molar-refractivity contribution < 1.29 is 13.9 Å². The average molecular weight is 394 g/mol. The van der Waals surface area contributed by atoms with Crippen LogP contribution in [0.2, 0.25) is 0 Å². The maximum atomic E-state index is 12.9. The highest BCUT2D eigenvalue weighted by molar-refractivity contribution is 5.77. The molecule has 3 heterocycles. The third kappa shape index (κ3) is 3.90. The van der Waals surface area contributed by atoms with Crippen LogP contribution >= 0.6 is 0 Å². The number of fused-ring (bicyclic) bond motifs is 1. The molecular weight excluding hydrogens is 368 g/mol. The first-order valence-corrected chi connectivity index (χ1v) is 10.1. The Hall–Kier alpha value is -3.09. The van der Waals surface area contributed by atoms with Crippen molar-refractivity contribution in [3.8, 4) is 17.1 Å². The number of carbonyl (C=O) groups is 1. The second-order valence-corrected chi connectivity index (χ2v) is 7.25. The summed E-state index contributed by atoms with van der Waals surface area (Å²) in [5.74, 6) is 0.978. The summed E-state index contributed by atoms with van der Waals surface area (Å²) in [6, 6.07) is 7.86. The van der Waals surface area contributed by atoms with Crippen LogP contribution in [-0.4, -0.2) is 39.2 Å². The van der Waals surface area contributed by atoms with Gasteiger partial charge >= 0.3 is 0 Å². The number of para-hydroxylation sites is 1. The Morgan fingerprint density at radius 3 is 2.93 bits per heavy atom. The largest absolute Gasteiger partial charge is 0.496 e. The molecule has 7 heteroatoms. The SMILES string of the molecule is CCCn1nc(-c2cocn2)c2c1CCN(C(=O)CCc1ccccc1OC)C2. The monoisotopic (exact) mass is 394 g/mol. The van der Waals surface area contributed by atoms with Crippen LogP contribution in [-0.2, 0) is 30.7 Å². The van der Waals surface area contributed by atoms with Crippen LogP contribution in [0.25, 0.3) is 11.4 Å². The molecule has 0 unspecified atom stereocenters. The summed E-state index contributed by atoms with van der Waals surface area (Å²) in [4.78, 5) is 19.1. The first kappa shape index (κ1) is 19.2. The first-order valence-electron chi connectivity index (χ1n) is 10.1. The number of oxazole rings is 1. The number of aryl methyl sites for hydroxylation is 2. The fourth-order valence-corrected chi connectivity index (χ4v) is 3.94. The molecule has 1 aliphatic heterocycles. The van der Waals surface area contributed by atoms with Gasteiger partial charge < -0.3 is 14.1 Å². The number of nitrogens with zero attached hydrogens (tertiary/aromatic N) is 4. The average Bonchev–Trinajstić information content (AvgIpc) is 3.40. The van der Waals surface area contributed by atoms with Crippen LogP contribution in [0.1, 0.15) is 36.6 Å². The Balaban J connectivity index is 1.51. The minimum absolute atomic E-state index is 0.149. The van der Waals surface area contributed by atoms with E-state index < -0.39 is 0 Å². The van der Waals surface area contributed by atoms with E-state index in [1.807, 2.05) is 29.2 Å². The lowest BCUT2D eigenvalue weighted by atomic mass is 10.0. The predicted octanol–water partition coefficient (Wildman–Crippen LogP) is 3.47. The standard InChI is InChI=1S/C22H26N4O3/c1-3-11-26-19-10-12-25(13-17(19)22(24-26)18-14-29-15-23-18)21(27)9-8-16-6-4-5-7-20(16)28-2/h4-7,14-15H,3,8-13H2,1-2H3. The van der Waals surface area contributed by atoms with Crippen LogP contribution in [0.15, 0.2) is 41.3 Å². The molecule has 1 amide bonds. The maximum Gasteiger partial charge on any atom is 0.223 e. The van der Waals surface area contributed by atoms with E-state index >= 15 is 0 Å². The molecule has 0 saturated heterocycles. The molecule has 0 N–H and O–H groups in total. The van der Waals surface area contributed by atoms with E-state index in [0.717, 1.165) is 47.7 Å². The van der Waals surface area contributed by atoms with Crippen molar-refractivity contribution in [1.82, 2.24) is 19.7 Å². The van der Waals surface area contributed by atoms with E-state index in [1.54, 1.807) is 13.4 Å². The van der Waals surface area contributed by atoms with Crippen LogP contribution in [0, 0.1) is 0 Å². The van der Waals surface area contributed by atoms with Gasteiger partial charge in [-0.2, -0.15) is 5.10 Å². The number of aromatic nitrogens is 3. The number of methoxy groups -OCH3 is 1. The molecule has 7 nitrogen and oxygen atoms in total. The number of hydrogen-bond donors (Lipinski definition) is 0. The van der Waals surface area contributed by atoms with Gasteiger partial charge in [0.15, 0.2) is 6.39 Å². The van der Waals surface area contributed by atoms with E-state index in [4.69, 9.17) is 14.3 Å². The third-order valence-electron chi connectivity index (χ3n) is 5.40. The molecule has 0 bridgehead atoms.